The molecule has 1 saturated heterocycles. The Morgan fingerprint density at radius 1 is 1.18 bits per heavy atom. The molecule has 0 aliphatic carbocycles. The Morgan fingerprint density at radius 2 is 1.82 bits per heavy atom. The van der Waals surface area contributed by atoms with Gasteiger partial charge in [0.25, 0.3) is 0 Å². The Balaban J connectivity index is 1.86. The van der Waals surface area contributed by atoms with E-state index in [0.717, 1.165) is 25.7 Å². The standard InChI is InChI=1S/C17H25NO3S/c1-2-3-9-17(19)18-12-10-15(11-13-18)14-22(20,21)16-7-5-4-6-8-16/h4-8,15H,2-3,9-14H2,1H3. The maximum atomic E-state index is 12.4. The van der Waals surface area contributed by atoms with Crippen LogP contribution in [0.4, 0.5) is 0 Å². The predicted octanol–water partition coefficient (Wildman–Crippen LogP) is 2.89. The monoisotopic (exact) mass is 323 g/mol. The molecule has 122 valence electrons. The van der Waals surface area contributed by atoms with Crippen molar-refractivity contribution in [3.05, 3.63) is 30.3 Å². The Hall–Kier alpha value is -1.36. The molecular weight excluding hydrogens is 298 g/mol. The van der Waals surface area contributed by atoms with Crippen molar-refractivity contribution in [2.24, 2.45) is 5.92 Å². The van der Waals surface area contributed by atoms with Crippen LogP contribution in [0.3, 0.4) is 0 Å². The molecule has 1 heterocycles. The topological polar surface area (TPSA) is 54.5 Å². The average Bonchev–Trinajstić information content (AvgIpc) is 2.54. The first-order valence-electron chi connectivity index (χ1n) is 8.08. The zero-order valence-corrected chi connectivity index (χ0v) is 14.0. The van der Waals surface area contributed by atoms with Crippen molar-refractivity contribution >= 4 is 15.7 Å². The van der Waals surface area contributed by atoms with Crippen molar-refractivity contribution < 1.29 is 13.2 Å². The molecule has 0 atom stereocenters. The van der Waals surface area contributed by atoms with Gasteiger partial charge in [-0.2, -0.15) is 0 Å². The van der Waals surface area contributed by atoms with E-state index in [9.17, 15) is 13.2 Å². The summed E-state index contributed by atoms with van der Waals surface area (Å²) in [6.45, 7) is 3.46. The lowest BCUT2D eigenvalue weighted by Gasteiger charge is -2.32. The number of amides is 1. The molecule has 1 aliphatic heterocycles. The van der Waals surface area contributed by atoms with Gasteiger partial charge in [0.2, 0.25) is 5.91 Å². The van der Waals surface area contributed by atoms with Crippen LogP contribution in [-0.2, 0) is 14.6 Å². The van der Waals surface area contributed by atoms with Crippen LogP contribution < -0.4 is 0 Å². The van der Waals surface area contributed by atoms with Gasteiger partial charge in [-0.05, 0) is 37.3 Å². The summed E-state index contributed by atoms with van der Waals surface area (Å²) in [5.74, 6) is 0.556. The molecule has 1 amide bonds. The van der Waals surface area contributed by atoms with Gasteiger partial charge < -0.3 is 4.90 Å². The van der Waals surface area contributed by atoms with E-state index in [4.69, 9.17) is 0 Å². The zero-order chi connectivity index (χ0) is 16.0. The maximum absolute atomic E-state index is 12.4. The molecule has 0 aromatic heterocycles. The van der Waals surface area contributed by atoms with Gasteiger partial charge in [0.1, 0.15) is 0 Å². The van der Waals surface area contributed by atoms with E-state index in [1.807, 2.05) is 11.0 Å². The highest BCUT2D eigenvalue weighted by Crippen LogP contribution is 2.23. The number of hydrogen-bond acceptors (Lipinski definition) is 3. The van der Waals surface area contributed by atoms with Crippen molar-refractivity contribution in [2.45, 2.75) is 43.9 Å². The third-order valence-electron chi connectivity index (χ3n) is 4.27. The van der Waals surface area contributed by atoms with Gasteiger partial charge in [-0.3, -0.25) is 4.79 Å². The fraction of sp³-hybridized carbons (Fsp3) is 0.588. The van der Waals surface area contributed by atoms with Crippen molar-refractivity contribution in [3.63, 3.8) is 0 Å². The summed E-state index contributed by atoms with van der Waals surface area (Å²) in [7, 11) is -3.22. The smallest absolute Gasteiger partial charge is 0.222 e. The number of rotatable bonds is 6. The molecule has 5 heteroatoms. The number of nitrogens with zero attached hydrogens (tertiary/aromatic N) is 1. The summed E-state index contributed by atoms with van der Waals surface area (Å²) in [5.41, 5.74) is 0. The minimum Gasteiger partial charge on any atom is -0.343 e. The Labute approximate surface area is 133 Å². The summed E-state index contributed by atoms with van der Waals surface area (Å²) in [4.78, 5) is 14.3. The summed E-state index contributed by atoms with van der Waals surface area (Å²) >= 11 is 0. The van der Waals surface area contributed by atoms with Gasteiger partial charge in [0.15, 0.2) is 9.84 Å². The highest BCUT2D eigenvalue weighted by molar-refractivity contribution is 7.91. The molecule has 2 rings (SSSR count). The SMILES string of the molecule is CCCCC(=O)N1CCC(CS(=O)(=O)c2ccccc2)CC1. The van der Waals surface area contributed by atoms with Crippen LogP contribution in [0, 0.1) is 5.92 Å². The molecule has 0 spiro atoms. The van der Waals surface area contributed by atoms with Crippen LogP contribution in [0.25, 0.3) is 0 Å². The first kappa shape index (κ1) is 17.0. The van der Waals surface area contributed by atoms with E-state index in [0.29, 0.717) is 24.4 Å². The van der Waals surface area contributed by atoms with Crippen molar-refractivity contribution in [3.8, 4) is 0 Å². The number of hydrogen-bond donors (Lipinski definition) is 0. The minimum absolute atomic E-state index is 0.153. The molecule has 1 fully saturated rings. The average molecular weight is 323 g/mol. The number of piperidine rings is 1. The fourth-order valence-electron chi connectivity index (χ4n) is 2.87. The first-order chi connectivity index (χ1) is 10.5. The molecule has 22 heavy (non-hydrogen) atoms. The molecule has 1 aromatic carbocycles. The van der Waals surface area contributed by atoms with Crippen molar-refractivity contribution in [1.29, 1.82) is 0 Å². The second-order valence-corrected chi connectivity index (χ2v) is 8.06. The summed E-state index contributed by atoms with van der Waals surface area (Å²) in [6.07, 6.45) is 4.13. The largest absolute Gasteiger partial charge is 0.343 e. The number of carbonyl (C=O) groups is 1. The molecule has 0 N–H and O–H groups in total. The van der Waals surface area contributed by atoms with Gasteiger partial charge in [0, 0.05) is 19.5 Å². The van der Waals surface area contributed by atoms with Gasteiger partial charge in [-0.25, -0.2) is 8.42 Å². The normalized spacial score (nSPS) is 16.7. The van der Waals surface area contributed by atoms with Gasteiger partial charge in [-0.1, -0.05) is 31.5 Å². The van der Waals surface area contributed by atoms with E-state index in [-0.39, 0.29) is 17.6 Å². The van der Waals surface area contributed by atoms with Gasteiger partial charge in [-0.15, -0.1) is 0 Å². The van der Waals surface area contributed by atoms with Gasteiger partial charge in [0.05, 0.1) is 10.6 Å². The van der Waals surface area contributed by atoms with Crippen LogP contribution in [0.5, 0.6) is 0 Å². The fourth-order valence-corrected chi connectivity index (χ4v) is 4.59. The summed E-state index contributed by atoms with van der Waals surface area (Å²) in [6, 6.07) is 8.63. The quantitative estimate of drug-likeness (QED) is 0.809. The molecule has 4 nitrogen and oxygen atoms in total. The number of carbonyl (C=O) groups excluding carboxylic acids is 1. The number of benzene rings is 1. The van der Waals surface area contributed by atoms with Crippen LogP contribution in [-0.4, -0.2) is 38.1 Å². The zero-order valence-electron chi connectivity index (χ0n) is 13.2. The molecular formula is C17H25NO3S. The third-order valence-corrected chi connectivity index (χ3v) is 6.17. The van der Waals surface area contributed by atoms with Crippen LogP contribution in [0.2, 0.25) is 0 Å². The van der Waals surface area contributed by atoms with Crippen LogP contribution >= 0.6 is 0 Å². The lowest BCUT2D eigenvalue weighted by molar-refractivity contribution is -0.132. The lowest BCUT2D eigenvalue weighted by Crippen LogP contribution is -2.39. The van der Waals surface area contributed by atoms with Crippen LogP contribution in [0.15, 0.2) is 35.2 Å². The molecule has 1 aromatic rings. The first-order valence-corrected chi connectivity index (χ1v) is 9.73. The molecule has 0 unspecified atom stereocenters. The molecule has 0 saturated carbocycles. The second kappa shape index (κ2) is 7.77. The van der Waals surface area contributed by atoms with E-state index >= 15 is 0 Å². The maximum Gasteiger partial charge on any atom is 0.222 e. The lowest BCUT2D eigenvalue weighted by atomic mass is 9.98. The summed E-state index contributed by atoms with van der Waals surface area (Å²) < 4.78 is 24.8. The Kier molecular flexibility index (Phi) is 6.00. The summed E-state index contributed by atoms with van der Waals surface area (Å²) in [5, 5.41) is 0. The molecule has 0 bridgehead atoms. The Morgan fingerprint density at radius 3 is 2.41 bits per heavy atom. The van der Waals surface area contributed by atoms with Gasteiger partial charge >= 0.3 is 0 Å². The van der Waals surface area contributed by atoms with Crippen molar-refractivity contribution in [2.75, 3.05) is 18.8 Å². The predicted molar refractivity (Wildman–Crippen MR) is 87.3 cm³/mol. The minimum atomic E-state index is -3.22. The van der Waals surface area contributed by atoms with E-state index in [2.05, 4.69) is 6.92 Å². The van der Waals surface area contributed by atoms with E-state index in [1.165, 1.54) is 0 Å². The highest BCUT2D eigenvalue weighted by atomic mass is 32.2. The van der Waals surface area contributed by atoms with E-state index < -0.39 is 9.84 Å². The third kappa shape index (κ3) is 4.57. The highest BCUT2D eigenvalue weighted by Gasteiger charge is 2.27. The molecule has 1 aliphatic rings. The Bertz CT molecular complexity index is 575. The van der Waals surface area contributed by atoms with E-state index in [1.54, 1.807) is 24.3 Å². The second-order valence-electron chi connectivity index (χ2n) is 6.02. The van der Waals surface area contributed by atoms with Crippen LogP contribution in [0.1, 0.15) is 39.0 Å². The number of likely N-dealkylation sites (tertiary alicyclic amines) is 1. The van der Waals surface area contributed by atoms with Crippen molar-refractivity contribution in [1.82, 2.24) is 4.90 Å². The number of unbranched alkanes of at least 4 members (excludes halogenated alkanes) is 1. The molecule has 0 radical (unpaired) electrons. The number of sulfone groups is 1.